The van der Waals surface area contributed by atoms with Gasteiger partial charge in [-0.1, -0.05) is 12.1 Å². The molecule has 5 nitrogen and oxygen atoms in total. The highest BCUT2D eigenvalue weighted by atomic mass is 15.3. The second-order valence-corrected chi connectivity index (χ2v) is 5.89. The fourth-order valence-electron chi connectivity index (χ4n) is 1.87. The Morgan fingerprint density at radius 3 is 2.45 bits per heavy atom. The zero-order valence-electron chi connectivity index (χ0n) is 12.4. The van der Waals surface area contributed by atoms with E-state index in [2.05, 4.69) is 65.8 Å². The van der Waals surface area contributed by atoms with Crippen molar-refractivity contribution in [3.05, 3.63) is 42.5 Å². The second-order valence-electron chi connectivity index (χ2n) is 5.89. The van der Waals surface area contributed by atoms with Gasteiger partial charge in [0.2, 0.25) is 0 Å². The summed E-state index contributed by atoms with van der Waals surface area (Å²) in [5.74, 6) is 0. The van der Waals surface area contributed by atoms with Crippen LogP contribution in [0.25, 0.3) is 0 Å². The molecule has 1 heterocycles. The van der Waals surface area contributed by atoms with E-state index in [1.807, 2.05) is 4.68 Å². The number of benzene rings is 1. The molecule has 20 heavy (non-hydrogen) atoms. The molecule has 2 N–H and O–H groups in total. The lowest BCUT2D eigenvalue weighted by Crippen LogP contribution is -2.38. The third-order valence-electron chi connectivity index (χ3n) is 2.87. The minimum Gasteiger partial charge on any atom is -0.384 e. The van der Waals surface area contributed by atoms with Gasteiger partial charge in [-0.2, -0.15) is 5.10 Å². The minimum absolute atomic E-state index is 0.170. The zero-order valence-corrected chi connectivity index (χ0v) is 12.4. The molecule has 0 unspecified atom stereocenters. The van der Waals surface area contributed by atoms with E-state index in [4.69, 9.17) is 0 Å². The van der Waals surface area contributed by atoms with Gasteiger partial charge in [-0.25, -0.2) is 9.67 Å². The smallest absolute Gasteiger partial charge is 0.137 e. The van der Waals surface area contributed by atoms with Crippen LogP contribution < -0.4 is 10.6 Å². The number of aromatic nitrogens is 3. The summed E-state index contributed by atoms with van der Waals surface area (Å²) in [5, 5.41) is 11.0. The summed E-state index contributed by atoms with van der Waals surface area (Å²) in [6.07, 6.45) is 3.28. The summed E-state index contributed by atoms with van der Waals surface area (Å²) in [5.41, 5.74) is 2.53. The highest BCUT2D eigenvalue weighted by Crippen LogP contribution is 2.10. The van der Waals surface area contributed by atoms with Gasteiger partial charge >= 0.3 is 0 Å². The van der Waals surface area contributed by atoms with Gasteiger partial charge < -0.3 is 10.6 Å². The van der Waals surface area contributed by atoms with Gasteiger partial charge in [-0.15, -0.1) is 0 Å². The first-order valence-corrected chi connectivity index (χ1v) is 6.93. The predicted molar refractivity (Wildman–Crippen MR) is 81.8 cm³/mol. The fraction of sp³-hybridized carbons (Fsp3) is 0.467. The molecule has 1 aromatic carbocycles. The lowest BCUT2D eigenvalue weighted by Gasteiger charge is -2.20. The Kier molecular flexibility index (Phi) is 4.74. The molecule has 0 spiro atoms. The molecule has 0 amide bonds. The molecule has 0 radical (unpaired) electrons. The van der Waals surface area contributed by atoms with Crippen molar-refractivity contribution in [1.82, 2.24) is 20.1 Å². The van der Waals surface area contributed by atoms with E-state index in [9.17, 15) is 0 Å². The third kappa shape index (κ3) is 5.01. The molecule has 2 aromatic rings. The molecule has 2 rings (SSSR count). The van der Waals surface area contributed by atoms with Crippen molar-refractivity contribution in [3.63, 3.8) is 0 Å². The third-order valence-corrected chi connectivity index (χ3v) is 2.87. The molecule has 0 aliphatic rings. The maximum absolute atomic E-state index is 4.10. The summed E-state index contributed by atoms with van der Waals surface area (Å²) >= 11 is 0. The van der Waals surface area contributed by atoms with Gasteiger partial charge in [-0.3, -0.25) is 0 Å². The van der Waals surface area contributed by atoms with Gasteiger partial charge in [0.05, 0.1) is 6.54 Å². The average Bonchev–Trinajstić information content (AvgIpc) is 2.88. The number of nitrogens with one attached hydrogen (secondary N) is 2. The normalized spacial score (nSPS) is 11.6. The molecular weight excluding hydrogens is 250 g/mol. The molecule has 0 atom stereocenters. The summed E-state index contributed by atoms with van der Waals surface area (Å²) in [4.78, 5) is 3.94. The van der Waals surface area contributed by atoms with Gasteiger partial charge in [0, 0.05) is 24.3 Å². The maximum Gasteiger partial charge on any atom is 0.137 e. The Morgan fingerprint density at radius 2 is 1.85 bits per heavy atom. The zero-order chi connectivity index (χ0) is 14.4. The van der Waals surface area contributed by atoms with E-state index in [1.165, 1.54) is 5.56 Å². The van der Waals surface area contributed by atoms with E-state index >= 15 is 0 Å². The molecule has 5 heteroatoms. The Labute approximate surface area is 120 Å². The molecule has 0 saturated heterocycles. The van der Waals surface area contributed by atoms with Crippen molar-refractivity contribution in [1.29, 1.82) is 0 Å². The van der Waals surface area contributed by atoms with Gasteiger partial charge in [0.25, 0.3) is 0 Å². The molecule has 0 bridgehead atoms. The first-order valence-electron chi connectivity index (χ1n) is 6.93. The van der Waals surface area contributed by atoms with Crippen molar-refractivity contribution >= 4 is 5.69 Å². The monoisotopic (exact) mass is 273 g/mol. The predicted octanol–water partition coefficient (Wildman–Crippen LogP) is 2.13. The molecule has 0 saturated carbocycles. The fourth-order valence-corrected chi connectivity index (χ4v) is 1.87. The first-order chi connectivity index (χ1) is 9.53. The van der Waals surface area contributed by atoms with E-state index < -0.39 is 0 Å². The van der Waals surface area contributed by atoms with Gasteiger partial charge in [0.1, 0.15) is 12.7 Å². The second kappa shape index (κ2) is 6.52. The molecule has 1 aromatic heterocycles. The van der Waals surface area contributed by atoms with Crippen molar-refractivity contribution in [2.45, 2.75) is 32.9 Å². The lowest BCUT2D eigenvalue weighted by atomic mass is 10.1. The van der Waals surface area contributed by atoms with E-state index in [0.717, 1.165) is 25.3 Å². The standard InChI is InChI=1S/C15H23N5/c1-15(2,3)18-9-8-17-14-6-4-13(5-7-14)10-20-12-16-11-19-20/h4-7,11-12,17-18H,8-10H2,1-3H3. The van der Waals surface area contributed by atoms with Crippen LogP contribution in [0.15, 0.2) is 36.9 Å². The Bertz CT molecular complexity index is 496. The number of anilines is 1. The Hall–Kier alpha value is -1.88. The Morgan fingerprint density at radius 1 is 1.10 bits per heavy atom. The van der Waals surface area contributed by atoms with Crippen LogP contribution in [0, 0.1) is 0 Å². The van der Waals surface area contributed by atoms with Crippen LogP contribution in [0.5, 0.6) is 0 Å². The van der Waals surface area contributed by atoms with Crippen LogP contribution in [-0.2, 0) is 6.54 Å². The Balaban J connectivity index is 1.77. The van der Waals surface area contributed by atoms with E-state index in [0.29, 0.717) is 0 Å². The number of hydrogen-bond donors (Lipinski definition) is 2. The summed E-state index contributed by atoms with van der Waals surface area (Å²) < 4.78 is 1.82. The molecule has 108 valence electrons. The topological polar surface area (TPSA) is 54.8 Å². The molecule has 0 fully saturated rings. The van der Waals surface area contributed by atoms with Crippen LogP contribution in [0.2, 0.25) is 0 Å². The minimum atomic E-state index is 0.170. The lowest BCUT2D eigenvalue weighted by molar-refractivity contribution is 0.435. The average molecular weight is 273 g/mol. The van der Waals surface area contributed by atoms with Crippen LogP contribution >= 0.6 is 0 Å². The quantitative estimate of drug-likeness (QED) is 0.792. The first kappa shape index (κ1) is 14.5. The largest absolute Gasteiger partial charge is 0.384 e. The van der Waals surface area contributed by atoms with Gasteiger partial charge in [0.15, 0.2) is 0 Å². The van der Waals surface area contributed by atoms with Crippen LogP contribution in [0.4, 0.5) is 5.69 Å². The maximum atomic E-state index is 4.10. The number of rotatable bonds is 6. The van der Waals surface area contributed by atoms with Crippen molar-refractivity contribution in [2.24, 2.45) is 0 Å². The number of hydrogen-bond acceptors (Lipinski definition) is 4. The highest BCUT2D eigenvalue weighted by molar-refractivity contribution is 5.44. The molecule has 0 aliphatic carbocycles. The van der Waals surface area contributed by atoms with E-state index in [-0.39, 0.29) is 5.54 Å². The van der Waals surface area contributed by atoms with Crippen LogP contribution in [0.3, 0.4) is 0 Å². The molecular formula is C15H23N5. The van der Waals surface area contributed by atoms with Crippen LogP contribution in [0.1, 0.15) is 26.3 Å². The molecule has 0 aliphatic heterocycles. The number of nitrogens with zero attached hydrogens (tertiary/aromatic N) is 3. The van der Waals surface area contributed by atoms with Crippen molar-refractivity contribution in [3.8, 4) is 0 Å². The van der Waals surface area contributed by atoms with E-state index in [1.54, 1.807) is 12.7 Å². The van der Waals surface area contributed by atoms with Crippen LogP contribution in [-0.4, -0.2) is 33.4 Å². The summed E-state index contributed by atoms with van der Waals surface area (Å²) in [7, 11) is 0. The van der Waals surface area contributed by atoms with Crippen molar-refractivity contribution < 1.29 is 0 Å². The summed E-state index contributed by atoms with van der Waals surface area (Å²) in [6.45, 7) is 9.14. The summed E-state index contributed by atoms with van der Waals surface area (Å²) in [6, 6.07) is 8.43. The highest BCUT2D eigenvalue weighted by Gasteiger charge is 2.06. The van der Waals surface area contributed by atoms with Crippen molar-refractivity contribution in [2.75, 3.05) is 18.4 Å². The van der Waals surface area contributed by atoms with Gasteiger partial charge in [-0.05, 0) is 38.5 Å². The SMILES string of the molecule is CC(C)(C)NCCNc1ccc(Cn2cncn2)cc1.